The van der Waals surface area contributed by atoms with Crippen molar-refractivity contribution in [3.8, 4) is 0 Å². The van der Waals surface area contributed by atoms with Gasteiger partial charge in [-0.2, -0.15) is 0 Å². The molecule has 0 aromatic heterocycles. The number of hydroxylamine groups is 2. The summed E-state index contributed by atoms with van der Waals surface area (Å²) >= 11 is 0. The SMILES string of the molecule is CC1(C)C(=O)ON(C(C)(C)C)C1c1ccccc1. The van der Waals surface area contributed by atoms with Gasteiger partial charge in [0, 0.05) is 5.54 Å². The second-order valence-corrected chi connectivity index (χ2v) is 6.41. The Morgan fingerprint density at radius 3 is 2.22 bits per heavy atom. The van der Waals surface area contributed by atoms with Gasteiger partial charge in [0.25, 0.3) is 0 Å². The summed E-state index contributed by atoms with van der Waals surface area (Å²) in [6.45, 7) is 10.0. The third-order valence-electron chi connectivity index (χ3n) is 3.40. The molecule has 1 saturated heterocycles. The molecule has 1 heterocycles. The van der Waals surface area contributed by atoms with Crippen LogP contribution in [0.3, 0.4) is 0 Å². The molecule has 3 heteroatoms. The van der Waals surface area contributed by atoms with Crippen LogP contribution in [0.2, 0.25) is 0 Å². The highest BCUT2D eigenvalue weighted by atomic mass is 16.7. The smallest absolute Gasteiger partial charge is 0.332 e. The lowest BCUT2D eigenvalue weighted by Crippen LogP contribution is -2.41. The second kappa shape index (κ2) is 4.09. The van der Waals surface area contributed by atoms with E-state index < -0.39 is 5.41 Å². The topological polar surface area (TPSA) is 29.5 Å². The molecule has 1 aromatic rings. The standard InChI is InChI=1S/C15H21NO2/c1-14(2,3)16-12(11-9-7-6-8-10-11)15(4,5)13(17)18-16/h6-10,12H,1-5H3. The van der Waals surface area contributed by atoms with Crippen LogP contribution in [0.5, 0.6) is 0 Å². The van der Waals surface area contributed by atoms with Crippen LogP contribution in [0.25, 0.3) is 0 Å². The zero-order chi connectivity index (χ0) is 13.6. The van der Waals surface area contributed by atoms with Gasteiger partial charge in [-0.3, -0.25) is 0 Å². The highest BCUT2D eigenvalue weighted by molar-refractivity contribution is 5.79. The van der Waals surface area contributed by atoms with E-state index in [0.717, 1.165) is 5.56 Å². The Bertz CT molecular complexity index is 445. The molecule has 1 aromatic carbocycles. The van der Waals surface area contributed by atoms with Gasteiger partial charge in [-0.1, -0.05) is 30.3 Å². The molecule has 18 heavy (non-hydrogen) atoms. The quantitative estimate of drug-likeness (QED) is 0.762. The third kappa shape index (κ3) is 2.03. The average Bonchev–Trinajstić information content (AvgIpc) is 2.51. The first-order chi connectivity index (χ1) is 8.24. The maximum absolute atomic E-state index is 12.1. The molecule has 98 valence electrons. The molecule has 1 fully saturated rings. The van der Waals surface area contributed by atoms with Crippen LogP contribution in [-0.4, -0.2) is 16.6 Å². The Kier molecular flexibility index (Phi) is 2.98. The number of hydrogen-bond acceptors (Lipinski definition) is 3. The Balaban J connectivity index is 2.48. The maximum Gasteiger partial charge on any atom is 0.332 e. The number of carbonyl (C=O) groups excluding carboxylic acids is 1. The van der Waals surface area contributed by atoms with E-state index in [1.807, 2.05) is 49.2 Å². The summed E-state index contributed by atoms with van der Waals surface area (Å²) in [4.78, 5) is 17.6. The molecular weight excluding hydrogens is 226 g/mol. The van der Waals surface area contributed by atoms with Gasteiger partial charge in [-0.15, -0.1) is 5.06 Å². The van der Waals surface area contributed by atoms with E-state index in [-0.39, 0.29) is 17.6 Å². The molecule has 0 radical (unpaired) electrons. The van der Waals surface area contributed by atoms with E-state index in [1.54, 1.807) is 0 Å². The van der Waals surface area contributed by atoms with Gasteiger partial charge < -0.3 is 4.84 Å². The number of hydrogen-bond donors (Lipinski definition) is 0. The van der Waals surface area contributed by atoms with Gasteiger partial charge in [-0.25, -0.2) is 4.79 Å². The lowest BCUT2D eigenvalue weighted by Gasteiger charge is -2.36. The van der Waals surface area contributed by atoms with E-state index in [1.165, 1.54) is 0 Å². The van der Waals surface area contributed by atoms with Crippen LogP contribution in [0, 0.1) is 5.41 Å². The van der Waals surface area contributed by atoms with Crippen molar-refractivity contribution in [1.29, 1.82) is 0 Å². The molecule has 0 aliphatic carbocycles. The second-order valence-electron chi connectivity index (χ2n) is 6.41. The zero-order valence-electron chi connectivity index (χ0n) is 11.7. The lowest BCUT2D eigenvalue weighted by molar-refractivity contribution is -0.200. The van der Waals surface area contributed by atoms with Crippen molar-refractivity contribution >= 4 is 5.97 Å². The molecule has 2 rings (SSSR count). The molecular formula is C15H21NO2. The highest BCUT2D eigenvalue weighted by Crippen LogP contribution is 2.48. The van der Waals surface area contributed by atoms with Gasteiger partial charge in [0.05, 0.1) is 11.5 Å². The molecule has 3 nitrogen and oxygen atoms in total. The molecule has 0 amide bonds. The van der Waals surface area contributed by atoms with Crippen LogP contribution < -0.4 is 0 Å². The Hall–Kier alpha value is -1.35. The number of rotatable bonds is 1. The van der Waals surface area contributed by atoms with Crippen LogP contribution in [-0.2, 0) is 9.63 Å². The van der Waals surface area contributed by atoms with Crippen molar-refractivity contribution in [3.63, 3.8) is 0 Å². The largest absolute Gasteiger partial charge is 0.366 e. The van der Waals surface area contributed by atoms with E-state index >= 15 is 0 Å². The Labute approximate surface area is 109 Å². The van der Waals surface area contributed by atoms with Crippen molar-refractivity contribution < 1.29 is 9.63 Å². The number of nitrogens with zero attached hydrogens (tertiary/aromatic N) is 1. The summed E-state index contributed by atoms with van der Waals surface area (Å²) in [7, 11) is 0. The van der Waals surface area contributed by atoms with Gasteiger partial charge in [0.15, 0.2) is 0 Å². The predicted octanol–water partition coefficient (Wildman–Crippen LogP) is 3.33. The molecule has 1 aliphatic heterocycles. The van der Waals surface area contributed by atoms with Gasteiger partial charge in [0.1, 0.15) is 0 Å². The summed E-state index contributed by atoms with van der Waals surface area (Å²) in [5, 5.41) is 1.82. The van der Waals surface area contributed by atoms with Crippen molar-refractivity contribution in [3.05, 3.63) is 35.9 Å². The van der Waals surface area contributed by atoms with Gasteiger partial charge in [-0.05, 0) is 40.2 Å². The summed E-state index contributed by atoms with van der Waals surface area (Å²) < 4.78 is 0. The minimum atomic E-state index is -0.533. The first-order valence-electron chi connectivity index (χ1n) is 6.31. The first kappa shape index (κ1) is 13.1. The van der Waals surface area contributed by atoms with Gasteiger partial charge in [0.2, 0.25) is 0 Å². The Morgan fingerprint density at radius 1 is 1.17 bits per heavy atom. The van der Waals surface area contributed by atoms with Crippen molar-refractivity contribution in [2.24, 2.45) is 5.41 Å². The molecule has 1 aliphatic rings. The third-order valence-corrected chi connectivity index (χ3v) is 3.40. The van der Waals surface area contributed by atoms with Crippen molar-refractivity contribution in [2.75, 3.05) is 0 Å². The summed E-state index contributed by atoms with van der Waals surface area (Å²) in [5.74, 6) is -0.161. The van der Waals surface area contributed by atoms with Crippen LogP contribution in [0.15, 0.2) is 30.3 Å². The highest BCUT2D eigenvalue weighted by Gasteiger charge is 2.54. The fraction of sp³-hybridized carbons (Fsp3) is 0.533. The normalized spacial score (nSPS) is 24.1. The fourth-order valence-electron chi connectivity index (χ4n) is 2.38. The molecule has 0 spiro atoms. The van der Waals surface area contributed by atoms with E-state index in [2.05, 4.69) is 20.8 Å². The van der Waals surface area contributed by atoms with Crippen LogP contribution in [0.1, 0.15) is 46.2 Å². The minimum Gasteiger partial charge on any atom is -0.366 e. The summed E-state index contributed by atoms with van der Waals surface area (Å²) in [6, 6.07) is 10.0. The predicted molar refractivity (Wildman–Crippen MR) is 70.6 cm³/mol. The van der Waals surface area contributed by atoms with Crippen molar-refractivity contribution in [1.82, 2.24) is 5.06 Å². The summed E-state index contributed by atoms with van der Waals surface area (Å²) in [5.41, 5.74) is 0.363. The van der Waals surface area contributed by atoms with E-state index in [4.69, 9.17) is 4.84 Å². The summed E-state index contributed by atoms with van der Waals surface area (Å²) in [6.07, 6.45) is 0. The molecule has 0 bridgehead atoms. The monoisotopic (exact) mass is 247 g/mol. The van der Waals surface area contributed by atoms with Crippen molar-refractivity contribution in [2.45, 2.75) is 46.2 Å². The van der Waals surface area contributed by atoms with Crippen LogP contribution >= 0.6 is 0 Å². The molecule has 0 saturated carbocycles. The fourth-order valence-corrected chi connectivity index (χ4v) is 2.38. The van der Waals surface area contributed by atoms with E-state index in [9.17, 15) is 4.79 Å². The number of carbonyl (C=O) groups is 1. The van der Waals surface area contributed by atoms with Crippen LogP contribution in [0.4, 0.5) is 0 Å². The molecule has 1 atom stereocenters. The first-order valence-corrected chi connectivity index (χ1v) is 6.31. The van der Waals surface area contributed by atoms with Gasteiger partial charge >= 0.3 is 5.97 Å². The molecule has 0 N–H and O–H groups in total. The minimum absolute atomic E-state index is 0.0498. The average molecular weight is 247 g/mol. The Morgan fingerprint density at radius 2 is 1.72 bits per heavy atom. The number of benzene rings is 1. The maximum atomic E-state index is 12.1. The molecule has 1 unspecified atom stereocenters. The van der Waals surface area contributed by atoms with E-state index in [0.29, 0.717) is 0 Å². The zero-order valence-corrected chi connectivity index (χ0v) is 11.7. The lowest BCUT2D eigenvalue weighted by atomic mass is 9.80.